The van der Waals surface area contributed by atoms with Crippen molar-refractivity contribution in [1.29, 1.82) is 0 Å². The fraction of sp³-hybridized carbons (Fsp3) is 0.462. The van der Waals surface area contributed by atoms with Gasteiger partial charge in [0.2, 0.25) is 0 Å². The number of amides is 1. The zero-order chi connectivity index (χ0) is 12.3. The van der Waals surface area contributed by atoms with E-state index in [2.05, 4.69) is 0 Å². The molecule has 0 saturated carbocycles. The Labute approximate surface area is 101 Å². The number of rotatable bonds is 3. The van der Waals surface area contributed by atoms with Gasteiger partial charge < -0.3 is 15.4 Å². The molecule has 0 aromatic heterocycles. The number of benzene rings is 1. The summed E-state index contributed by atoms with van der Waals surface area (Å²) >= 11 is 0. The summed E-state index contributed by atoms with van der Waals surface area (Å²) in [6, 6.07) is 9.58. The molecule has 0 aliphatic carbocycles. The zero-order valence-corrected chi connectivity index (χ0v) is 10.0. The molecule has 1 aromatic carbocycles. The topological polar surface area (TPSA) is 55.6 Å². The second-order valence-electron chi connectivity index (χ2n) is 4.29. The third-order valence-electron chi connectivity index (χ3n) is 3.12. The molecular formula is C13H18N2O2. The normalized spacial score (nSPS) is 23.6. The average Bonchev–Trinajstić information content (AvgIpc) is 2.87. The van der Waals surface area contributed by atoms with Crippen LogP contribution < -0.4 is 10.6 Å². The van der Waals surface area contributed by atoms with Crippen LogP contribution in [0.5, 0.6) is 0 Å². The third kappa shape index (κ3) is 2.65. The van der Waals surface area contributed by atoms with E-state index in [1.165, 1.54) is 0 Å². The molecular weight excluding hydrogens is 216 g/mol. The minimum atomic E-state index is -0.339. The molecule has 0 radical (unpaired) electrons. The van der Waals surface area contributed by atoms with E-state index in [-0.39, 0.29) is 18.1 Å². The molecule has 0 unspecified atom stereocenters. The van der Waals surface area contributed by atoms with E-state index >= 15 is 0 Å². The van der Waals surface area contributed by atoms with Crippen LogP contribution in [0.25, 0.3) is 0 Å². The Balaban J connectivity index is 2.01. The highest BCUT2D eigenvalue weighted by atomic mass is 16.5. The van der Waals surface area contributed by atoms with Crippen molar-refractivity contribution in [2.45, 2.75) is 25.0 Å². The lowest BCUT2D eigenvalue weighted by Crippen LogP contribution is -2.37. The molecule has 0 spiro atoms. The summed E-state index contributed by atoms with van der Waals surface area (Å²) in [6.45, 7) is 0.485. The van der Waals surface area contributed by atoms with Gasteiger partial charge in [-0.25, -0.2) is 0 Å². The van der Waals surface area contributed by atoms with Crippen molar-refractivity contribution in [1.82, 2.24) is 0 Å². The maximum absolute atomic E-state index is 12.2. The van der Waals surface area contributed by atoms with Crippen LogP contribution in [0.4, 0.5) is 5.69 Å². The van der Waals surface area contributed by atoms with Crippen LogP contribution >= 0.6 is 0 Å². The van der Waals surface area contributed by atoms with Gasteiger partial charge in [0.1, 0.15) is 6.10 Å². The highest BCUT2D eigenvalue weighted by Gasteiger charge is 2.32. The van der Waals surface area contributed by atoms with Crippen molar-refractivity contribution in [2.24, 2.45) is 5.73 Å². The van der Waals surface area contributed by atoms with Crippen LogP contribution in [0.2, 0.25) is 0 Å². The Morgan fingerprint density at radius 3 is 2.71 bits per heavy atom. The maximum Gasteiger partial charge on any atom is 0.255 e. The van der Waals surface area contributed by atoms with Gasteiger partial charge in [0.25, 0.3) is 5.91 Å². The fourth-order valence-corrected chi connectivity index (χ4v) is 2.06. The van der Waals surface area contributed by atoms with Crippen LogP contribution in [-0.4, -0.2) is 31.7 Å². The molecule has 4 heteroatoms. The number of likely N-dealkylation sites (N-methyl/N-ethyl adjacent to an activating group) is 1. The smallest absolute Gasteiger partial charge is 0.255 e. The minimum absolute atomic E-state index is 0.00662. The molecule has 1 aliphatic rings. The van der Waals surface area contributed by atoms with Gasteiger partial charge in [0.15, 0.2) is 0 Å². The molecule has 2 rings (SSSR count). The van der Waals surface area contributed by atoms with Gasteiger partial charge in [0.05, 0.1) is 6.10 Å². The zero-order valence-electron chi connectivity index (χ0n) is 10.0. The van der Waals surface area contributed by atoms with E-state index in [9.17, 15) is 4.79 Å². The number of ether oxygens (including phenoxy) is 1. The molecule has 92 valence electrons. The van der Waals surface area contributed by atoms with Crippen LogP contribution in [0.3, 0.4) is 0 Å². The second kappa shape index (κ2) is 5.29. The maximum atomic E-state index is 12.2. The van der Waals surface area contributed by atoms with Crippen molar-refractivity contribution in [2.75, 3.05) is 18.5 Å². The lowest BCUT2D eigenvalue weighted by atomic mass is 10.1. The molecule has 1 saturated heterocycles. The van der Waals surface area contributed by atoms with Crippen LogP contribution in [0, 0.1) is 0 Å². The molecule has 2 atom stereocenters. The molecule has 0 bridgehead atoms. The summed E-state index contributed by atoms with van der Waals surface area (Å²) in [4.78, 5) is 13.8. The third-order valence-corrected chi connectivity index (χ3v) is 3.12. The number of hydrogen-bond acceptors (Lipinski definition) is 3. The minimum Gasteiger partial charge on any atom is -0.364 e. The Morgan fingerprint density at radius 2 is 2.12 bits per heavy atom. The van der Waals surface area contributed by atoms with Gasteiger partial charge in [-0.15, -0.1) is 0 Å². The van der Waals surface area contributed by atoms with E-state index in [4.69, 9.17) is 10.5 Å². The summed E-state index contributed by atoms with van der Waals surface area (Å²) in [5.41, 5.74) is 6.42. The summed E-state index contributed by atoms with van der Waals surface area (Å²) in [6.07, 6.45) is 1.33. The molecule has 17 heavy (non-hydrogen) atoms. The van der Waals surface area contributed by atoms with Gasteiger partial charge in [-0.05, 0) is 25.0 Å². The predicted molar refractivity (Wildman–Crippen MR) is 66.8 cm³/mol. The first kappa shape index (κ1) is 12.1. The summed E-state index contributed by atoms with van der Waals surface area (Å²) in [7, 11) is 1.77. The van der Waals surface area contributed by atoms with Crippen molar-refractivity contribution < 1.29 is 9.53 Å². The number of anilines is 1. The van der Waals surface area contributed by atoms with E-state index in [1.807, 2.05) is 30.3 Å². The predicted octanol–water partition coefficient (Wildman–Crippen LogP) is 1.16. The number of para-hydroxylation sites is 1. The standard InChI is InChI=1S/C13H18N2O2/c1-15(10-5-3-2-4-6-10)13(16)12-8-7-11(9-14)17-12/h2-6,11-12H,7-9,14H2,1H3/t11-,12+/m1/s1. The summed E-state index contributed by atoms with van der Waals surface area (Å²) in [5.74, 6) is 0.00662. The second-order valence-corrected chi connectivity index (χ2v) is 4.29. The van der Waals surface area contributed by atoms with E-state index in [1.54, 1.807) is 11.9 Å². The van der Waals surface area contributed by atoms with E-state index in [0.29, 0.717) is 6.54 Å². The van der Waals surface area contributed by atoms with Crippen LogP contribution in [0.15, 0.2) is 30.3 Å². The Kier molecular flexibility index (Phi) is 3.76. The largest absolute Gasteiger partial charge is 0.364 e. The number of nitrogens with two attached hydrogens (primary N) is 1. The van der Waals surface area contributed by atoms with Crippen molar-refractivity contribution in [3.05, 3.63) is 30.3 Å². The molecule has 1 aliphatic heterocycles. The van der Waals surface area contributed by atoms with Gasteiger partial charge in [0, 0.05) is 19.3 Å². The quantitative estimate of drug-likeness (QED) is 0.853. The lowest BCUT2D eigenvalue weighted by Gasteiger charge is -2.21. The van der Waals surface area contributed by atoms with Crippen molar-refractivity contribution in [3.63, 3.8) is 0 Å². The van der Waals surface area contributed by atoms with Gasteiger partial charge in [-0.3, -0.25) is 4.79 Å². The van der Waals surface area contributed by atoms with Gasteiger partial charge >= 0.3 is 0 Å². The van der Waals surface area contributed by atoms with Crippen molar-refractivity contribution >= 4 is 11.6 Å². The number of hydrogen-bond donors (Lipinski definition) is 1. The highest BCUT2D eigenvalue weighted by Crippen LogP contribution is 2.22. The molecule has 2 N–H and O–H groups in total. The molecule has 1 heterocycles. The summed E-state index contributed by atoms with van der Waals surface area (Å²) in [5, 5.41) is 0. The number of carbonyl (C=O) groups excluding carboxylic acids is 1. The van der Waals surface area contributed by atoms with Gasteiger partial charge in [-0.1, -0.05) is 18.2 Å². The Bertz CT molecular complexity index is 380. The first-order valence-corrected chi connectivity index (χ1v) is 5.90. The first-order chi connectivity index (χ1) is 8.22. The fourth-order valence-electron chi connectivity index (χ4n) is 2.06. The monoisotopic (exact) mass is 234 g/mol. The number of nitrogens with zero attached hydrogens (tertiary/aromatic N) is 1. The van der Waals surface area contributed by atoms with Crippen molar-refractivity contribution in [3.8, 4) is 0 Å². The molecule has 1 amide bonds. The van der Waals surface area contributed by atoms with Crippen LogP contribution in [-0.2, 0) is 9.53 Å². The van der Waals surface area contributed by atoms with E-state index < -0.39 is 0 Å². The first-order valence-electron chi connectivity index (χ1n) is 5.90. The van der Waals surface area contributed by atoms with E-state index in [0.717, 1.165) is 18.5 Å². The molecule has 1 aromatic rings. The Morgan fingerprint density at radius 1 is 1.41 bits per heavy atom. The Hall–Kier alpha value is -1.39. The van der Waals surface area contributed by atoms with Crippen LogP contribution in [0.1, 0.15) is 12.8 Å². The SMILES string of the molecule is CN(C(=O)[C@@H]1CC[C@H](CN)O1)c1ccccc1. The highest BCUT2D eigenvalue weighted by molar-refractivity contribution is 5.96. The lowest BCUT2D eigenvalue weighted by molar-refractivity contribution is -0.128. The average molecular weight is 234 g/mol. The molecule has 1 fully saturated rings. The molecule has 4 nitrogen and oxygen atoms in total. The summed E-state index contributed by atoms with van der Waals surface area (Å²) < 4.78 is 5.60. The van der Waals surface area contributed by atoms with Gasteiger partial charge in [-0.2, -0.15) is 0 Å². The number of carbonyl (C=O) groups is 1.